The van der Waals surface area contributed by atoms with Crippen LogP contribution in [0.2, 0.25) is 5.02 Å². The number of rotatable bonds is 5. The average Bonchev–Trinajstić information content (AvgIpc) is 2.99. The van der Waals surface area contributed by atoms with Crippen molar-refractivity contribution in [3.05, 3.63) is 16.4 Å². The van der Waals surface area contributed by atoms with Crippen LogP contribution in [-0.2, 0) is 22.5 Å². The summed E-state index contributed by atoms with van der Waals surface area (Å²) in [6, 6.07) is 0. The molecule has 5 heteroatoms. The Balaban J connectivity index is 2.23. The van der Waals surface area contributed by atoms with E-state index < -0.39 is 5.60 Å². The summed E-state index contributed by atoms with van der Waals surface area (Å²) in [4.78, 5) is 12.6. The summed E-state index contributed by atoms with van der Waals surface area (Å²) in [5.41, 5.74) is 0.999. The first-order chi connectivity index (χ1) is 9.04. The fraction of sp³-hybridized carbons (Fsp3) is 0.714. The summed E-state index contributed by atoms with van der Waals surface area (Å²) < 4.78 is 7.34. The lowest BCUT2D eigenvalue weighted by atomic mass is 9.93. The van der Waals surface area contributed by atoms with Crippen molar-refractivity contribution in [2.24, 2.45) is 0 Å². The molecule has 0 N–H and O–H groups in total. The van der Waals surface area contributed by atoms with Crippen LogP contribution in [0.3, 0.4) is 0 Å². The molecule has 0 amide bonds. The van der Waals surface area contributed by atoms with E-state index in [-0.39, 0.29) is 5.78 Å². The second kappa shape index (κ2) is 5.63. The molecule has 1 saturated carbocycles. The lowest BCUT2D eigenvalue weighted by Gasteiger charge is -2.25. The Hall–Kier alpha value is -0.870. The second-order valence-electron chi connectivity index (χ2n) is 5.17. The normalized spacial score (nSPS) is 17.9. The number of aryl methyl sites for hydroxylation is 2. The van der Waals surface area contributed by atoms with Gasteiger partial charge in [0.1, 0.15) is 5.60 Å². The maximum absolute atomic E-state index is 12.6. The van der Waals surface area contributed by atoms with E-state index in [1.54, 1.807) is 7.11 Å². The Bertz CT molecular complexity index is 476. The van der Waals surface area contributed by atoms with Crippen LogP contribution in [0.5, 0.6) is 0 Å². The lowest BCUT2D eigenvalue weighted by molar-refractivity contribution is -0.139. The number of hydrogen-bond acceptors (Lipinski definition) is 3. The molecule has 0 radical (unpaired) electrons. The first-order valence-corrected chi connectivity index (χ1v) is 7.22. The monoisotopic (exact) mass is 284 g/mol. The zero-order valence-corrected chi connectivity index (χ0v) is 12.6. The SMILES string of the molecule is CCn1nc(C)c(Cl)c1CC(=O)C1(OC)CCCC1. The number of ether oxygens (including phenoxy) is 1. The molecule has 0 bridgehead atoms. The van der Waals surface area contributed by atoms with Gasteiger partial charge in [-0.25, -0.2) is 0 Å². The van der Waals surface area contributed by atoms with E-state index in [0.29, 0.717) is 11.4 Å². The molecule has 1 aromatic rings. The summed E-state index contributed by atoms with van der Waals surface area (Å²) in [6.45, 7) is 4.58. The van der Waals surface area contributed by atoms with Gasteiger partial charge in [-0.3, -0.25) is 9.48 Å². The van der Waals surface area contributed by atoms with Gasteiger partial charge in [-0.05, 0) is 39.5 Å². The van der Waals surface area contributed by atoms with E-state index in [4.69, 9.17) is 16.3 Å². The summed E-state index contributed by atoms with van der Waals surface area (Å²) in [7, 11) is 1.63. The first kappa shape index (κ1) is 14.5. The largest absolute Gasteiger partial charge is 0.370 e. The van der Waals surface area contributed by atoms with Crippen molar-refractivity contribution < 1.29 is 9.53 Å². The number of nitrogens with zero attached hydrogens (tertiary/aromatic N) is 2. The van der Waals surface area contributed by atoms with Gasteiger partial charge in [0, 0.05) is 13.7 Å². The van der Waals surface area contributed by atoms with Crippen LogP contribution in [0.25, 0.3) is 0 Å². The molecule has 4 nitrogen and oxygen atoms in total. The lowest BCUT2D eigenvalue weighted by Crippen LogP contribution is -2.39. The molecule has 0 aromatic carbocycles. The molecule has 2 rings (SSSR count). The molecule has 0 aliphatic heterocycles. The van der Waals surface area contributed by atoms with Gasteiger partial charge in [-0.1, -0.05) is 11.6 Å². The Labute approximate surface area is 119 Å². The van der Waals surface area contributed by atoms with Crippen molar-refractivity contribution in [3.8, 4) is 0 Å². The minimum Gasteiger partial charge on any atom is -0.370 e. The zero-order chi connectivity index (χ0) is 14.0. The summed E-state index contributed by atoms with van der Waals surface area (Å²) in [6.07, 6.45) is 4.05. The Morgan fingerprint density at radius 3 is 2.63 bits per heavy atom. The third-order valence-corrected chi connectivity index (χ3v) is 4.58. The number of carbonyl (C=O) groups excluding carboxylic acids is 1. The van der Waals surface area contributed by atoms with E-state index >= 15 is 0 Å². The number of hydrogen-bond donors (Lipinski definition) is 0. The maximum atomic E-state index is 12.6. The van der Waals surface area contributed by atoms with Crippen LogP contribution in [0.15, 0.2) is 0 Å². The van der Waals surface area contributed by atoms with Crippen LogP contribution in [0.4, 0.5) is 0 Å². The minimum atomic E-state index is -0.597. The maximum Gasteiger partial charge on any atom is 0.170 e. The number of methoxy groups -OCH3 is 1. The van der Waals surface area contributed by atoms with Gasteiger partial charge in [0.15, 0.2) is 5.78 Å². The van der Waals surface area contributed by atoms with Crippen molar-refractivity contribution in [2.45, 2.75) is 58.1 Å². The summed E-state index contributed by atoms with van der Waals surface area (Å²) in [5, 5.41) is 4.96. The van der Waals surface area contributed by atoms with Crippen LogP contribution >= 0.6 is 11.6 Å². The van der Waals surface area contributed by atoms with Crippen molar-refractivity contribution >= 4 is 17.4 Å². The molecule has 0 saturated heterocycles. The highest BCUT2D eigenvalue weighted by atomic mass is 35.5. The van der Waals surface area contributed by atoms with Crippen molar-refractivity contribution in [2.75, 3.05) is 7.11 Å². The molecule has 0 unspecified atom stereocenters. The highest BCUT2D eigenvalue weighted by Gasteiger charge is 2.41. The van der Waals surface area contributed by atoms with Crippen molar-refractivity contribution in [3.63, 3.8) is 0 Å². The molecule has 1 aliphatic rings. The van der Waals surface area contributed by atoms with E-state index in [2.05, 4.69) is 5.10 Å². The summed E-state index contributed by atoms with van der Waals surface area (Å²) in [5.74, 6) is 0.129. The van der Waals surface area contributed by atoms with E-state index in [1.165, 1.54) is 0 Å². The molecule has 1 aromatic heterocycles. The standard InChI is InChI=1S/C14H21ClN2O2/c1-4-17-11(13(15)10(2)16-17)9-12(18)14(19-3)7-5-6-8-14/h4-9H2,1-3H3. The quantitative estimate of drug-likeness (QED) is 0.835. The molecular formula is C14H21ClN2O2. The van der Waals surface area contributed by atoms with Gasteiger partial charge in [0.25, 0.3) is 0 Å². The Morgan fingerprint density at radius 1 is 1.47 bits per heavy atom. The minimum absolute atomic E-state index is 0.129. The van der Waals surface area contributed by atoms with E-state index in [1.807, 2.05) is 18.5 Å². The van der Waals surface area contributed by atoms with E-state index in [9.17, 15) is 4.79 Å². The molecular weight excluding hydrogens is 264 g/mol. The van der Waals surface area contributed by atoms with Crippen LogP contribution in [0.1, 0.15) is 44.0 Å². The first-order valence-electron chi connectivity index (χ1n) is 6.84. The van der Waals surface area contributed by atoms with Gasteiger partial charge in [-0.15, -0.1) is 0 Å². The predicted octanol–water partition coefficient (Wildman–Crippen LogP) is 2.94. The molecule has 0 spiro atoms. The highest BCUT2D eigenvalue weighted by molar-refractivity contribution is 6.32. The number of ketones is 1. The van der Waals surface area contributed by atoms with Gasteiger partial charge < -0.3 is 4.74 Å². The predicted molar refractivity (Wildman–Crippen MR) is 74.6 cm³/mol. The zero-order valence-electron chi connectivity index (χ0n) is 11.8. The highest BCUT2D eigenvalue weighted by Crippen LogP contribution is 2.35. The number of Topliss-reactive ketones (excluding diaryl/α,β-unsaturated/α-hetero) is 1. The molecule has 0 atom stereocenters. The molecule has 1 heterocycles. The van der Waals surface area contributed by atoms with Crippen LogP contribution in [-0.4, -0.2) is 28.3 Å². The average molecular weight is 285 g/mol. The Kier molecular flexibility index (Phi) is 4.31. The number of aromatic nitrogens is 2. The fourth-order valence-electron chi connectivity index (χ4n) is 2.89. The van der Waals surface area contributed by atoms with E-state index in [0.717, 1.165) is 43.6 Å². The fourth-order valence-corrected chi connectivity index (χ4v) is 3.10. The smallest absolute Gasteiger partial charge is 0.170 e. The third kappa shape index (κ3) is 2.56. The topological polar surface area (TPSA) is 44.1 Å². The number of halogens is 1. The molecule has 1 aliphatic carbocycles. The number of carbonyl (C=O) groups is 1. The summed E-state index contributed by atoms with van der Waals surface area (Å²) >= 11 is 6.26. The van der Waals surface area contributed by atoms with Gasteiger partial charge in [-0.2, -0.15) is 5.10 Å². The molecule has 1 fully saturated rings. The van der Waals surface area contributed by atoms with Crippen molar-refractivity contribution in [1.29, 1.82) is 0 Å². The van der Waals surface area contributed by atoms with Gasteiger partial charge in [0.05, 0.1) is 22.8 Å². The van der Waals surface area contributed by atoms with Gasteiger partial charge in [0.2, 0.25) is 0 Å². The molecule has 19 heavy (non-hydrogen) atoms. The Morgan fingerprint density at radius 2 is 2.11 bits per heavy atom. The van der Waals surface area contributed by atoms with Gasteiger partial charge >= 0.3 is 0 Å². The van der Waals surface area contributed by atoms with Crippen LogP contribution in [0, 0.1) is 6.92 Å². The molecule has 106 valence electrons. The second-order valence-corrected chi connectivity index (χ2v) is 5.55. The van der Waals surface area contributed by atoms with Crippen molar-refractivity contribution in [1.82, 2.24) is 9.78 Å². The third-order valence-electron chi connectivity index (χ3n) is 4.09. The van der Waals surface area contributed by atoms with Crippen LogP contribution < -0.4 is 0 Å².